The van der Waals surface area contributed by atoms with E-state index in [1.165, 1.54) is 11.8 Å². The van der Waals surface area contributed by atoms with E-state index in [2.05, 4.69) is 0 Å². The van der Waals surface area contributed by atoms with Gasteiger partial charge < -0.3 is 14.5 Å². The van der Waals surface area contributed by atoms with Gasteiger partial charge in [0.15, 0.2) is 6.10 Å². The van der Waals surface area contributed by atoms with Crippen LogP contribution in [0.5, 0.6) is 0 Å². The first-order chi connectivity index (χ1) is 11.9. The number of anilines is 1. The lowest BCUT2D eigenvalue weighted by atomic mass is 10.2. The van der Waals surface area contributed by atoms with Crippen LogP contribution in [0.15, 0.2) is 24.3 Å². The van der Waals surface area contributed by atoms with Crippen LogP contribution in [0.2, 0.25) is 0 Å². The van der Waals surface area contributed by atoms with E-state index < -0.39 is 12.1 Å². The molecule has 1 aliphatic heterocycles. The molecule has 7 heteroatoms. The van der Waals surface area contributed by atoms with Crippen molar-refractivity contribution in [2.75, 3.05) is 25.0 Å². The third-order valence-corrected chi connectivity index (χ3v) is 4.03. The van der Waals surface area contributed by atoms with Crippen molar-refractivity contribution in [2.24, 2.45) is 0 Å². The van der Waals surface area contributed by atoms with Gasteiger partial charge in [-0.15, -0.1) is 0 Å². The minimum atomic E-state index is -0.951. The number of amides is 2. The molecule has 0 unspecified atom stereocenters. The Balaban J connectivity index is 2.02. The van der Waals surface area contributed by atoms with Crippen molar-refractivity contribution < 1.29 is 19.1 Å². The zero-order valence-corrected chi connectivity index (χ0v) is 14.4. The lowest BCUT2D eigenvalue weighted by molar-refractivity contribution is -0.138. The smallest absolute Gasteiger partial charge is 0.338 e. The lowest BCUT2D eigenvalue weighted by Gasteiger charge is -2.21. The fourth-order valence-electron chi connectivity index (χ4n) is 2.64. The molecule has 1 aromatic carbocycles. The van der Waals surface area contributed by atoms with Gasteiger partial charge in [0.1, 0.15) is 0 Å². The van der Waals surface area contributed by atoms with Crippen LogP contribution in [0.25, 0.3) is 0 Å². The summed E-state index contributed by atoms with van der Waals surface area (Å²) in [6.45, 7) is 2.41. The molecule has 0 aliphatic carbocycles. The third-order valence-electron chi connectivity index (χ3n) is 4.03. The molecule has 0 saturated carbocycles. The van der Waals surface area contributed by atoms with Crippen LogP contribution in [0.3, 0.4) is 0 Å². The van der Waals surface area contributed by atoms with E-state index in [9.17, 15) is 14.4 Å². The number of likely N-dealkylation sites (N-methyl/N-ethyl adjacent to an activating group) is 1. The molecular weight excluding hydrogens is 322 g/mol. The highest BCUT2D eigenvalue weighted by Gasteiger charge is 2.24. The van der Waals surface area contributed by atoms with Crippen molar-refractivity contribution in [3.05, 3.63) is 29.8 Å². The van der Waals surface area contributed by atoms with E-state index >= 15 is 0 Å². The molecule has 0 N–H and O–H groups in total. The van der Waals surface area contributed by atoms with Gasteiger partial charge in [0.2, 0.25) is 5.91 Å². The molecule has 1 saturated heterocycles. The molecule has 1 atom stereocenters. The Bertz CT molecular complexity index is 711. The Labute approximate surface area is 146 Å². The summed E-state index contributed by atoms with van der Waals surface area (Å²) in [5, 5.41) is 8.56. The van der Waals surface area contributed by atoms with Gasteiger partial charge in [-0.25, -0.2) is 4.79 Å². The van der Waals surface area contributed by atoms with E-state index in [1.54, 1.807) is 36.2 Å². The number of carbonyl (C=O) groups excluding carboxylic acids is 3. The van der Waals surface area contributed by atoms with Crippen LogP contribution in [0, 0.1) is 11.3 Å². The molecule has 0 radical (unpaired) electrons. The van der Waals surface area contributed by atoms with Crippen LogP contribution in [0.1, 0.15) is 36.5 Å². The molecule has 132 valence electrons. The van der Waals surface area contributed by atoms with Gasteiger partial charge in [-0.1, -0.05) is 6.07 Å². The number of rotatable bonds is 6. The van der Waals surface area contributed by atoms with Gasteiger partial charge in [0.25, 0.3) is 5.91 Å². The largest absolute Gasteiger partial charge is 0.449 e. The Kier molecular flexibility index (Phi) is 6.12. The monoisotopic (exact) mass is 343 g/mol. The Morgan fingerprint density at radius 2 is 2.20 bits per heavy atom. The SMILES string of the molecule is C[C@H](OC(=O)c1cccc(N2CCCC2=O)c1)C(=O)N(C)CCC#N. The number of hydrogen-bond acceptors (Lipinski definition) is 5. The summed E-state index contributed by atoms with van der Waals surface area (Å²) in [6, 6.07) is 8.60. The maximum absolute atomic E-state index is 12.3. The van der Waals surface area contributed by atoms with Crippen molar-refractivity contribution in [3.8, 4) is 6.07 Å². The first kappa shape index (κ1) is 18.5. The fraction of sp³-hybridized carbons (Fsp3) is 0.444. The summed E-state index contributed by atoms with van der Waals surface area (Å²) in [5.74, 6) is -0.953. The molecule has 0 spiro atoms. The van der Waals surface area contributed by atoms with Gasteiger partial charge in [-0.2, -0.15) is 5.26 Å². The third kappa shape index (κ3) is 4.57. The minimum Gasteiger partial charge on any atom is -0.449 e. The van der Waals surface area contributed by atoms with Gasteiger partial charge in [0.05, 0.1) is 18.1 Å². The second kappa shape index (κ2) is 8.29. The highest BCUT2D eigenvalue weighted by molar-refractivity contribution is 5.98. The lowest BCUT2D eigenvalue weighted by Crippen LogP contribution is -2.37. The van der Waals surface area contributed by atoms with Crippen molar-refractivity contribution in [1.82, 2.24) is 4.90 Å². The van der Waals surface area contributed by atoms with Crippen LogP contribution in [-0.2, 0) is 14.3 Å². The van der Waals surface area contributed by atoms with Gasteiger partial charge in [-0.3, -0.25) is 9.59 Å². The highest BCUT2D eigenvalue weighted by atomic mass is 16.5. The summed E-state index contributed by atoms with van der Waals surface area (Å²) in [4.78, 5) is 39.2. The second-order valence-corrected chi connectivity index (χ2v) is 5.91. The number of benzene rings is 1. The number of ether oxygens (including phenoxy) is 1. The quantitative estimate of drug-likeness (QED) is 0.734. The first-order valence-electron chi connectivity index (χ1n) is 8.17. The van der Waals surface area contributed by atoms with Crippen molar-refractivity contribution in [3.63, 3.8) is 0 Å². The van der Waals surface area contributed by atoms with Crippen LogP contribution in [-0.4, -0.2) is 48.9 Å². The van der Waals surface area contributed by atoms with Gasteiger partial charge >= 0.3 is 5.97 Å². The predicted octanol–water partition coefficient (Wildman–Crippen LogP) is 1.73. The van der Waals surface area contributed by atoms with E-state index in [4.69, 9.17) is 10.00 Å². The Morgan fingerprint density at radius 1 is 1.44 bits per heavy atom. The van der Waals surface area contributed by atoms with E-state index in [1.807, 2.05) is 6.07 Å². The molecule has 2 rings (SSSR count). The Hall–Kier alpha value is -2.88. The fourth-order valence-corrected chi connectivity index (χ4v) is 2.64. The zero-order chi connectivity index (χ0) is 18.4. The van der Waals surface area contributed by atoms with E-state index in [0.29, 0.717) is 18.7 Å². The topological polar surface area (TPSA) is 90.7 Å². The van der Waals surface area contributed by atoms with Gasteiger partial charge in [-0.05, 0) is 31.5 Å². The van der Waals surface area contributed by atoms with E-state index in [0.717, 1.165) is 6.42 Å². The summed E-state index contributed by atoms with van der Waals surface area (Å²) in [5.41, 5.74) is 0.943. The maximum Gasteiger partial charge on any atom is 0.338 e. The van der Waals surface area contributed by atoms with Crippen molar-refractivity contribution in [2.45, 2.75) is 32.3 Å². The number of esters is 1. The summed E-state index contributed by atoms with van der Waals surface area (Å²) < 4.78 is 5.23. The van der Waals surface area contributed by atoms with Crippen molar-refractivity contribution in [1.29, 1.82) is 5.26 Å². The molecule has 2 amide bonds. The zero-order valence-electron chi connectivity index (χ0n) is 14.4. The maximum atomic E-state index is 12.3. The molecular formula is C18H21N3O4. The highest BCUT2D eigenvalue weighted by Crippen LogP contribution is 2.22. The van der Waals surface area contributed by atoms with Crippen LogP contribution in [0.4, 0.5) is 5.69 Å². The molecule has 7 nitrogen and oxygen atoms in total. The molecule has 1 aromatic rings. The molecule has 1 fully saturated rings. The molecule has 1 heterocycles. The number of hydrogen-bond donors (Lipinski definition) is 0. The van der Waals surface area contributed by atoms with Crippen LogP contribution >= 0.6 is 0 Å². The molecule has 1 aliphatic rings. The Morgan fingerprint density at radius 3 is 2.84 bits per heavy atom. The van der Waals surface area contributed by atoms with Gasteiger partial charge in [0, 0.05) is 32.2 Å². The molecule has 0 bridgehead atoms. The predicted molar refractivity (Wildman–Crippen MR) is 90.8 cm³/mol. The summed E-state index contributed by atoms with van der Waals surface area (Å²) in [6.07, 6.45) is 0.575. The summed E-state index contributed by atoms with van der Waals surface area (Å²) in [7, 11) is 1.56. The normalized spacial score (nSPS) is 14.8. The number of nitrogens with zero attached hydrogens (tertiary/aromatic N) is 3. The number of carbonyl (C=O) groups is 3. The minimum absolute atomic E-state index is 0.0354. The van der Waals surface area contributed by atoms with Crippen LogP contribution < -0.4 is 4.90 Å². The average molecular weight is 343 g/mol. The molecule has 0 aromatic heterocycles. The van der Waals surface area contributed by atoms with E-state index in [-0.39, 0.29) is 30.3 Å². The first-order valence-corrected chi connectivity index (χ1v) is 8.17. The standard InChI is InChI=1S/C18H21N3O4/c1-13(17(23)20(2)10-5-9-19)25-18(24)14-6-3-7-15(12-14)21-11-4-8-16(21)22/h3,6-7,12-13H,4-5,8,10-11H2,1-2H3/t13-/m0/s1. The summed E-state index contributed by atoms with van der Waals surface area (Å²) >= 11 is 0. The average Bonchev–Trinajstić information content (AvgIpc) is 3.04. The van der Waals surface area contributed by atoms with Crippen molar-refractivity contribution >= 4 is 23.5 Å². The number of nitriles is 1. The molecule has 25 heavy (non-hydrogen) atoms. The second-order valence-electron chi connectivity index (χ2n) is 5.91.